The Hall–Kier alpha value is -0.703. The zero-order valence-corrected chi connectivity index (χ0v) is 13.5. The van der Waals surface area contributed by atoms with Crippen LogP contribution in [0.15, 0.2) is 53.4 Å². The van der Waals surface area contributed by atoms with E-state index in [0.717, 1.165) is 5.02 Å². The highest BCUT2D eigenvalue weighted by atomic mass is 35.5. The maximum Gasteiger partial charge on any atom is 0.114 e. The second kappa shape index (κ2) is 5.51. The quantitative estimate of drug-likeness (QED) is 0.631. The van der Waals surface area contributed by atoms with Gasteiger partial charge in [-0.15, -0.1) is 0 Å². The molecule has 0 bridgehead atoms. The third-order valence-corrected chi connectivity index (χ3v) is 6.37. The van der Waals surface area contributed by atoms with E-state index in [-0.39, 0.29) is 0 Å². The highest BCUT2D eigenvalue weighted by molar-refractivity contribution is 8.28. The summed E-state index contributed by atoms with van der Waals surface area (Å²) >= 11 is 7.92. The molecule has 0 fully saturated rings. The van der Waals surface area contributed by atoms with Crippen molar-refractivity contribution in [3.05, 3.63) is 53.6 Å². The Morgan fingerprint density at radius 1 is 0.778 bits per heavy atom. The van der Waals surface area contributed by atoms with Crippen molar-refractivity contribution in [2.75, 3.05) is 0 Å². The molecule has 18 heavy (non-hydrogen) atoms. The van der Waals surface area contributed by atoms with E-state index in [4.69, 9.17) is 11.6 Å². The lowest BCUT2D eigenvalue weighted by Gasteiger charge is -2.15. The summed E-state index contributed by atoms with van der Waals surface area (Å²) in [5.74, 6) is 0. The number of hydrogen-bond acceptors (Lipinski definition) is 1. The van der Waals surface area contributed by atoms with Gasteiger partial charge in [-0.1, -0.05) is 55.5 Å². The molecule has 0 heterocycles. The van der Waals surface area contributed by atoms with Crippen LogP contribution in [0.5, 0.6) is 0 Å². The molecular weight excluding hydrogens is 276 g/mol. The van der Waals surface area contributed by atoms with E-state index in [1.807, 2.05) is 23.3 Å². The van der Waals surface area contributed by atoms with E-state index < -0.39 is 7.22 Å². The topological polar surface area (TPSA) is 0 Å². The molecule has 3 heteroatoms. The summed E-state index contributed by atoms with van der Waals surface area (Å²) in [6, 6.07) is 16.8. The van der Waals surface area contributed by atoms with E-state index in [2.05, 4.69) is 56.0 Å². The van der Waals surface area contributed by atoms with Crippen molar-refractivity contribution >= 4 is 30.0 Å². The SMILES string of the molecule is C[Si](C)(C)Sc1ccc(-c2ccc(Cl)cc2)cc1. The Morgan fingerprint density at radius 3 is 1.67 bits per heavy atom. The van der Waals surface area contributed by atoms with Crippen LogP contribution in [0.1, 0.15) is 0 Å². The van der Waals surface area contributed by atoms with Crippen molar-refractivity contribution in [2.24, 2.45) is 0 Å². The van der Waals surface area contributed by atoms with Crippen LogP contribution in [0, 0.1) is 0 Å². The Balaban J connectivity index is 2.20. The second-order valence-corrected chi connectivity index (χ2v) is 14.9. The lowest BCUT2D eigenvalue weighted by molar-refractivity contribution is 1.46. The molecule has 0 aliphatic heterocycles. The first-order valence-electron chi connectivity index (χ1n) is 5.99. The van der Waals surface area contributed by atoms with Crippen molar-refractivity contribution in [2.45, 2.75) is 24.5 Å². The third kappa shape index (κ3) is 3.90. The standard InChI is InChI=1S/C15H17ClSSi/c1-18(2,3)17-15-10-6-13(7-11-15)12-4-8-14(16)9-5-12/h4-11H,1-3H3. The second-order valence-electron chi connectivity index (χ2n) is 5.25. The summed E-state index contributed by atoms with van der Waals surface area (Å²) in [5.41, 5.74) is 2.45. The molecule has 0 saturated carbocycles. The van der Waals surface area contributed by atoms with Gasteiger partial charge in [-0.25, -0.2) is 0 Å². The van der Waals surface area contributed by atoms with Crippen molar-refractivity contribution in [1.82, 2.24) is 0 Å². The predicted molar refractivity (Wildman–Crippen MR) is 86.1 cm³/mol. The van der Waals surface area contributed by atoms with Crippen molar-refractivity contribution < 1.29 is 0 Å². The van der Waals surface area contributed by atoms with E-state index in [1.54, 1.807) is 0 Å². The number of benzene rings is 2. The molecule has 0 spiro atoms. The van der Waals surface area contributed by atoms with Crippen LogP contribution in [-0.2, 0) is 0 Å². The van der Waals surface area contributed by atoms with E-state index in [9.17, 15) is 0 Å². The van der Waals surface area contributed by atoms with Gasteiger partial charge in [-0.3, -0.25) is 0 Å². The highest BCUT2D eigenvalue weighted by Crippen LogP contribution is 2.30. The maximum atomic E-state index is 5.90. The molecule has 0 saturated heterocycles. The molecule has 0 radical (unpaired) electrons. The maximum absolute atomic E-state index is 5.90. The van der Waals surface area contributed by atoms with Gasteiger partial charge in [0.25, 0.3) is 0 Å². The molecule has 0 N–H and O–H groups in total. The van der Waals surface area contributed by atoms with Gasteiger partial charge in [0, 0.05) is 9.92 Å². The van der Waals surface area contributed by atoms with E-state index in [1.165, 1.54) is 16.0 Å². The van der Waals surface area contributed by atoms with Gasteiger partial charge in [0.2, 0.25) is 0 Å². The van der Waals surface area contributed by atoms with Crippen LogP contribution in [0.4, 0.5) is 0 Å². The fourth-order valence-corrected chi connectivity index (χ4v) is 5.35. The van der Waals surface area contributed by atoms with Crippen LogP contribution >= 0.6 is 22.8 Å². The van der Waals surface area contributed by atoms with Gasteiger partial charge in [0.15, 0.2) is 0 Å². The molecule has 2 aromatic rings. The minimum Gasteiger partial charge on any atom is -0.152 e. The zero-order chi connectivity index (χ0) is 13.2. The molecule has 0 aromatic heterocycles. The molecule has 2 rings (SSSR count). The Morgan fingerprint density at radius 2 is 1.22 bits per heavy atom. The lowest BCUT2D eigenvalue weighted by Crippen LogP contribution is -2.13. The van der Waals surface area contributed by atoms with Crippen LogP contribution in [0.25, 0.3) is 11.1 Å². The van der Waals surface area contributed by atoms with Crippen LogP contribution in [0.3, 0.4) is 0 Å². The molecule has 2 aromatic carbocycles. The molecule has 0 aliphatic carbocycles. The van der Waals surface area contributed by atoms with Gasteiger partial charge < -0.3 is 0 Å². The smallest absolute Gasteiger partial charge is 0.114 e. The average Bonchev–Trinajstić information content (AvgIpc) is 2.29. The van der Waals surface area contributed by atoms with Gasteiger partial charge in [0.1, 0.15) is 7.22 Å². The zero-order valence-electron chi connectivity index (χ0n) is 10.9. The van der Waals surface area contributed by atoms with Crippen LogP contribution < -0.4 is 0 Å². The highest BCUT2D eigenvalue weighted by Gasteiger charge is 2.14. The molecule has 0 nitrogen and oxygen atoms in total. The van der Waals surface area contributed by atoms with Gasteiger partial charge in [-0.05, 0) is 35.4 Å². The number of halogens is 1. The van der Waals surface area contributed by atoms with E-state index >= 15 is 0 Å². The number of rotatable bonds is 3. The summed E-state index contributed by atoms with van der Waals surface area (Å²) < 4.78 is 0. The summed E-state index contributed by atoms with van der Waals surface area (Å²) in [6.45, 7) is 7.10. The minimum absolute atomic E-state index is 0.782. The first-order chi connectivity index (χ1) is 8.44. The number of hydrogen-bond donors (Lipinski definition) is 0. The normalized spacial score (nSPS) is 11.6. The fraction of sp³-hybridized carbons (Fsp3) is 0.200. The molecule has 0 amide bonds. The Bertz CT molecular complexity index is 512. The first kappa shape index (κ1) is 13.7. The summed E-state index contributed by atoms with van der Waals surface area (Å²) in [7, 11) is -1.10. The fourth-order valence-electron chi connectivity index (χ4n) is 1.71. The predicted octanol–water partition coefficient (Wildman–Crippen LogP) is 5.93. The van der Waals surface area contributed by atoms with Crippen molar-refractivity contribution in [1.29, 1.82) is 0 Å². The molecule has 0 atom stereocenters. The Kier molecular flexibility index (Phi) is 4.20. The summed E-state index contributed by atoms with van der Waals surface area (Å²) in [4.78, 5) is 1.37. The van der Waals surface area contributed by atoms with Crippen molar-refractivity contribution in [3.8, 4) is 11.1 Å². The van der Waals surface area contributed by atoms with Gasteiger partial charge >= 0.3 is 0 Å². The lowest BCUT2D eigenvalue weighted by atomic mass is 10.1. The molecule has 0 unspecified atom stereocenters. The molecule has 0 aliphatic rings. The summed E-state index contributed by atoms with van der Waals surface area (Å²) in [5, 5.41) is 0.782. The molecule has 94 valence electrons. The van der Waals surface area contributed by atoms with Crippen LogP contribution in [-0.4, -0.2) is 7.22 Å². The van der Waals surface area contributed by atoms with Gasteiger partial charge in [-0.2, -0.15) is 11.2 Å². The van der Waals surface area contributed by atoms with Crippen molar-refractivity contribution in [3.63, 3.8) is 0 Å². The monoisotopic (exact) mass is 292 g/mol. The van der Waals surface area contributed by atoms with E-state index in [0.29, 0.717) is 0 Å². The molecular formula is C15H17ClSSi. The van der Waals surface area contributed by atoms with Crippen LogP contribution in [0.2, 0.25) is 24.7 Å². The average molecular weight is 293 g/mol. The first-order valence-corrected chi connectivity index (χ1v) is 11.4. The Labute approximate surface area is 119 Å². The summed E-state index contributed by atoms with van der Waals surface area (Å²) in [6.07, 6.45) is 0. The largest absolute Gasteiger partial charge is 0.152 e. The minimum atomic E-state index is -1.10. The third-order valence-electron chi connectivity index (χ3n) is 2.46. The van der Waals surface area contributed by atoms with Gasteiger partial charge in [0.05, 0.1) is 0 Å².